The summed E-state index contributed by atoms with van der Waals surface area (Å²) in [4.78, 5) is 4.27. The van der Waals surface area contributed by atoms with Gasteiger partial charge < -0.3 is 10.1 Å². The van der Waals surface area contributed by atoms with Crippen LogP contribution in [-0.2, 0) is 0 Å². The van der Waals surface area contributed by atoms with Crippen LogP contribution in [0.4, 0.5) is 0 Å². The Morgan fingerprint density at radius 1 is 1.41 bits per heavy atom. The van der Waals surface area contributed by atoms with Crippen molar-refractivity contribution in [3.63, 3.8) is 0 Å². The third-order valence-electron chi connectivity index (χ3n) is 3.17. The number of piperidine rings is 1. The van der Waals surface area contributed by atoms with E-state index in [0.29, 0.717) is 6.04 Å². The number of nitrogens with zero attached hydrogens (tertiary/aromatic N) is 1. The predicted molar refractivity (Wildman–Crippen MR) is 69.1 cm³/mol. The third-order valence-corrected chi connectivity index (χ3v) is 3.17. The predicted octanol–water partition coefficient (Wildman–Crippen LogP) is 2.93. The molecule has 1 aromatic rings. The van der Waals surface area contributed by atoms with Crippen LogP contribution >= 0.6 is 0 Å². The van der Waals surface area contributed by atoms with Gasteiger partial charge in [0.25, 0.3) is 0 Å². The Balaban J connectivity index is 2.09. The molecule has 3 nitrogen and oxygen atoms in total. The van der Waals surface area contributed by atoms with E-state index in [2.05, 4.69) is 23.3 Å². The summed E-state index contributed by atoms with van der Waals surface area (Å²) in [6.45, 7) is 7.48. The molecule has 0 saturated carbocycles. The molecule has 0 aliphatic carbocycles. The zero-order chi connectivity index (χ0) is 12.3. The smallest absolute Gasteiger partial charge is 0.138 e. The van der Waals surface area contributed by atoms with Crippen LogP contribution in [0.5, 0.6) is 5.75 Å². The van der Waals surface area contributed by atoms with E-state index >= 15 is 0 Å². The van der Waals surface area contributed by atoms with Crippen molar-refractivity contribution in [1.82, 2.24) is 10.3 Å². The maximum atomic E-state index is 5.68. The van der Waals surface area contributed by atoms with Crippen molar-refractivity contribution in [1.29, 1.82) is 0 Å². The molecule has 0 amide bonds. The number of ether oxygens (including phenoxy) is 1. The van der Waals surface area contributed by atoms with Crippen molar-refractivity contribution < 1.29 is 4.74 Å². The van der Waals surface area contributed by atoms with Gasteiger partial charge >= 0.3 is 0 Å². The Morgan fingerprint density at radius 2 is 2.24 bits per heavy atom. The van der Waals surface area contributed by atoms with E-state index in [0.717, 1.165) is 18.2 Å². The summed E-state index contributed by atoms with van der Waals surface area (Å²) >= 11 is 0. The van der Waals surface area contributed by atoms with Gasteiger partial charge in [-0.25, -0.2) is 0 Å². The zero-order valence-electron chi connectivity index (χ0n) is 10.9. The van der Waals surface area contributed by atoms with Crippen molar-refractivity contribution >= 4 is 0 Å². The summed E-state index contributed by atoms with van der Waals surface area (Å²) in [5.41, 5.74) is 1.25. The maximum absolute atomic E-state index is 5.68. The summed E-state index contributed by atoms with van der Waals surface area (Å²) in [6, 6.07) is 2.55. The van der Waals surface area contributed by atoms with Crippen LogP contribution < -0.4 is 10.1 Å². The van der Waals surface area contributed by atoms with Gasteiger partial charge in [0.2, 0.25) is 0 Å². The third kappa shape index (κ3) is 3.43. The molecule has 1 saturated heterocycles. The number of aromatic nitrogens is 1. The van der Waals surface area contributed by atoms with Gasteiger partial charge in [0.05, 0.1) is 12.3 Å². The maximum Gasteiger partial charge on any atom is 0.138 e. The molecule has 2 heterocycles. The minimum atomic E-state index is 0.199. The standard InChI is InChI=1S/C14H22N2O/c1-10(2)17-13-7-12(8-15-9-13)14-6-11(3)4-5-16-14/h7-11,14,16H,4-6H2,1-3H3. The quantitative estimate of drug-likeness (QED) is 0.873. The molecular weight excluding hydrogens is 212 g/mol. The molecule has 17 heavy (non-hydrogen) atoms. The molecule has 3 heteroatoms. The second kappa shape index (κ2) is 5.50. The number of hydrogen-bond acceptors (Lipinski definition) is 3. The van der Waals surface area contributed by atoms with Gasteiger partial charge in [0.1, 0.15) is 5.75 Å². The fourth-order valence-corrected chi connectivity index (χ4v) is 2.32. The average molecular weight is 234 g/mol. The molecule has 1 aliphatic rings. The van der Waals surface area contributed by atoms with E-state index in [1.807, 2.05) is 20.0 Å². The highest BCUT2D eigenvalue weighted by Crippen LogP contribution is 2.28. The first-order chi connectivity index (χ1) is 8.15. The van der Waals surface area contributed by atoms with Crippen molar-refractivity contribution in [2.45, 2.75) is 45.8 Å². The second-order valence-corrected chi connectivity index (χ2v) is 5.26. The largest absolute Gasteiger partial charge is 0.489 e. The van der Waals surface area contributed by atoms with E-state index in [9.17, 15) is 0 Å². The number of hydrogen-bond donors (Lipinski definition) is 1. The summed E-state index contributed by atoms with van der Waals surface area (Å²) in [5, 5.41) is 3.55. The van der Waals surface area contributed by atoms with Gasteiger partial charge in [-0.1, -0.05) is 6.92 Å². The number of nitrogens with one attached hydrogen (secondary N) is 1. The molecule has 1 fully saturated rings. The van der Waals surface area contributed by atoms with Crippen LogP contribution in [0.2, 0.25) is 0 Å². The highest BCUT2D eigenvalue weighted by Gasteiger charge is 2.20. The van der Waals surface area contributed by atoms with E-state index < -0.39 is 0 Å². The molecule has 0 spiro atoms. The van der Waals surface area contributed by atoms with Crippen molar-refractivity contribution in [2.75, 3.05) is 6.54 Å². The zero-order valence-corrected chi connectivity index (χ0v) is 10.9. The van der Waals surface area contributed by atoms with Crippen molar-refractivity contribution in [3.8, 4) is 5.75 Å². The molecular formula is C14H22N2O. The molecule has 0 bridgehead atoms. The lowest BCUT2D eigenvalue weighted by atomic mass is 9.91. The molecule has 1 aromatic heterocycles. The van der Waals surface area contributed by atoms with E-state index in [4.69, 9.17) is 4.74 Å². The lowest BCUT2D eigenvalue weighted by Gasteiger charge is -2.28. The SMILES string of the molecule is CC1CCNC(c2cncc(OC(C)C)c2)C1. The van der Waals surface area contributed by atoms with Gasteiger partial charge in [-0.15, -0.1) is 0 Å². The molecule has 0 radical (unpaired) electrons. The average Bonchev–Trinajstić information content (AvgIpc) is 2.28. The number of rotatable bonds is 3. The molecule has 1 aliphatic heterocycles. The topological polar surface area (TPSA) is 34.2 Å². The summed E-state index contributed by atoms with van der Waals surface area (Å²) in [7, 11) is 0. The first kappa shape index (κ1) is 12.4. The van der Waals surface area contributed by atoms with Crippen LogP contribution in [-0.4, -0.2) is 17.6 Å². The Kier molecular flexibility index (Phi) is 4.00. The highest BCUT2D eigenvalue weighted by molar-refractivity contribution is 5.26. The lowest BCUT2D eigenvalue weighted by Crippen LogP contribution is -2.30. The van der Waals surface area contributed by atoms with Gasteiger partial charge in [0.15, 0.2) is 0 Å². The van der Waals surface area contributed by atoms with Crippen LogP contribution in [0, 0.1) is 5.92 Å². The second-order valence-electron chi connectivity index (χ2n) is 5.26. The normalized spacial score (nSPS) is 24.9. The molecule has 1 N–H and O–H groups in total. The Bertz CT molecular complexity index is 365. The van der Waals surface area contributed by atoms with Crippen molar-refractivity contribution in [2.24, 2.45) is 5.92 Å². The molecule has 94 valence electrons. The van der Waals surface area contributed by atoms with Crippen LogP contribution in [0.3, 0.4) is 0 Å². The molecule has 2 atom stereocenters. The van der Waals surface area contributed by atoms with Crippen LogP contribution in [0.25, 0.3) is 0 Å². The Labute approximate surface area is 104 Å². The van der Waals surface area contributed by atoms with E-state index in [1.54, 1.807) is 6.20 Å². The fraction of sp³-hybridized carbons (Fsp3) is 0.643. The van der Waals surface area contributed by atoms with Gasteiger partial charge in [-0.3, -0.25) is 4.98 Å². The minimum absolute atomic E-state index is 0.199. The van der Waals surface area contributed by atoms with Crippen LogP contribution in [0.15, 0.2) is 18.5 Å². The lowest BCUT2D eigenvalue weighted by molar-refractivity contribution is 0.240. The molecule has 0 aromatic carbocycles. The van der Waals surface area contributed by atoms with E-state index in [1.165, 1.54) is 18.4 Å². The Hall–Kier alpha value is -1.09. The van der Waals surface area contributed by atoms with Gasteiger partial charge in [-0.05, 0) is 50.8 Å². The molecule has 2 rings (SSSR count). The Morgan fingerprint density at radius 3 is 2.94 bits per heavy atom. The van der Waals surface area contributed by atoms with Gasteiger partial charge in [-0.2, -0.15) is 0 Å². The number of pyridine rings is 1. The van der Waals surface area contributed by atoms with Crippen molar-refractivity contribution in [3.05, 3.63) is 24.0 Å². The highest BCUT2D eigenvalue weighted by atomic mass is 16.5. The first-order valence-corrected chi connectivity index (χ1v) is 6.50. The first-order valence-electron chi connectivity index (χ1n) is 6.50. The van der Waals surface area contributed by atoms with Crippen LogP contribution in [0.1, 0.15) is 45.2 Å². The van der Waals surface area contributed by atoms with E-state index in [-0.39, 0.29) is 6.10 Å². The molecule has 2 unspecified atom stereocenters. The summed E-state index contributed by atoms with van der Waals surface area (Å²) in [6.07, 6.45) is 6.39. The summed E-state index contributed by atoms with van der Waals surface area (Å²) < 4.78 is 5.68. The minimum Gasteiger partial charge on any atom is -0.489 e. The fourth-order valence-electron chi connectivity index (χ4n) is 2.32. The van der Waals surface area contributed by atoms with Gasteiger partial charge in [0, 0.05) is 12.2 Å². The summed E-state index contributed by atoms with van der Waals surface area (Å²) in [5.74, 6) is 1.66. The monoisotopic (exact) mass is 234 g/mol.